The van der Waals surface area contributed by atoms with Crippen molar-refractivity contribution in [1.82, 2.24) is 10.3 Å². The number of anilines is 1. The second kappa shape index (κ2) is 6.96. The molecule has 100 valence electrons. The molecular formula is C13H21N3O2. The van der Waals surface area contributed by atoms with E-state index in [0.29, 0.717) is 18.8 Å². The topological polar surface area (TPSA) is 65.5 Å². The lowest BCUT2D eigenvalue weighted by Gasteiger charge is -2.22. The van der Waals surface area contributed by atoms with Crippen molar-refractivity contribution in [3.8, 4) is 0 Å². The summed E-state index contributed by atoms with van der Waals surface area (Å²) in [6.07, 6.45) is 1.11. The molecule has 0 fully saturated rings. The van der Waals surface area contributed by atoms with E-state index in [4.69, 9.17) is 0 Å². The standard InChI is InChI=1S/C13H21N3O2/c1-4-14-13(18)9-16(5-2)11-6-7-12(10(3)17)15-8-11/h6-8,10,17H,4-5,9H2,1-3H3,(H,14,18)/t10-/m1/s1. The first kappa shape index (κ1) is 14.4. The summed E-state index contributed by atoms with van der Waals surface area (Å²) in [5.74, 6) is -0.000970. The highest BCUT2D eigenvalue weighted by atomic mass is 16.3. The smallest absolute Gasteiger partial charge is 0.239 e. The summed E-state index contributed by atoms with van der Waals surface area (Å²) in [5, 5.41) is 12.2. The van der Waals surface area contributed by atoms with Gasteiger partial charge >= 0.3 is 0 Å². The van der Waals surface area contributed by atoms with Gasteiger partial charge < -0.3 is 15.3 Å². The number of nitrogens with zero attached hydrogens (tertiary/aromatic N) is 2. The molecule has 1 atom stereocenters. The first-order chi connectivity index (χ1) is 8.58. The third-order valence-corrected chi connectivity index (χ3v) is 2.65. The van der Waals surface area contributed by atoms with Crippen LogP contribution in [0, 0.1) is 0 Å². The number of rotatable bonds is 6. The monoisotopic (exact) mass is 251 g/mol. The molecule has 0 bridgehead atoms. The van der Waals surface area contributed by atoms with Crippen LogP contribution in [0.15, 0.2) is 18.3 Å². The number of aliphatic hydroxyl groups is 1. The Morgan fingerprint density at radius 1 is 1.50 bits per heavy atom. The van der Waals surface area contributed by atoms with E-state index in [1.165, 1.54) is 0 Å². The van der Waals surface area contributed by atoms with Crippen LogP contribution in [-0.2, 0) is 4.79 Å². The lowest BCUT2D eigenvalue weighted by atomic mass is 10.2. The molecule has 0 aliphatic rings. The van der Waals surface area contributed by atoms with Gasteiger partial charge in [0.25, 0.3) is 0 Å². The Balaban J connectivity index is 2.73. The molecule has 18 heavy (non-hydrogen) atoms. The van der Waals surface area contributed by atoms with Crippen LogP contribution >= 0.6 is 0 Å². The fourth-order valence-electron chi connectivity index (χ4n) is 1.64. The lowest BCUT2D eigenvalue weighted by Crippen LogP contribution is -2.37. The second-order valence-corrected chi connectivity index (χ2v) is 4.08. The van der Waals surface area contributed by atoms with Crippen LogP contribution in [0.25, 0.3) is 0 Å². The van der Waals surface area contributed by atoms with Gasteiger partial charge in [-0.2, -0.15) is 0 Å². The quantitative estimate of drug-likeness (QED) is 0.794. The van der Waals surface area contributed by atoms with E-state index in [9.17, 15) is 9.90 Å². The number of pyridine rings is 1. The Hall–Kier alpha value is -1.62. The van der Waals surface area contributed by atoms with E-state index in [1.54, 1.807) is 19.2 Å². The molecule has 0 radical (unpaired) electrons. The number of amides is 1. The van der Waals surface area contributed by atoms with Crippen LogP contribution in [0.5, 0.6) is 0 Å². The number of hydrogen-bond donors (Lipinski definition) is 2. The molecule has 0 saturated heterocycles. The maximum absolute atomic E-state index is 11.5. The fourth-order valence-corrected chi connectivity index (χ4v) is 1.64. The Morgan fingerprint density at radius 2 is 2.22 bits per heavy atom. The van der Waals surface area contributed by atoms with Crippen molar-refractivity contribution < 1.29 is 9.90 Å². The summed E-state index contributed by atoms with van der Waals surface area (Å²) in [6.45, 7) is 7.24. The number of nitrogens with one attached hydrogen (secondary N) is 1. The summed E-state index contributed by atoms with van der Waals surface area (Å²) in [7, 11) is 0. The fraction of sp³-hybridized carbons (Fsp3) is 0.538. The Kier molecular flexibility index (Phi) is 5.58. The number of carbonyl (C=O) groups is 1. The number of carbonyl (C=O) groups excluding carboxylic acids is 1. The molecular weight excluding hydrogens is 230 g/mol. The van der Waals surface area contributed by atoms with Gasteiger partial charge in [-0.1, -0.05) is 0 Å². The SMILES string of the molecule is CCNC(=O)CN(CC)c1ccc([C@@H](C)O)nc1. The van der Waals surface area contributed by atoms with Crippen LogP contribution in [-0.4, -0.2) is 35.6 Å². The van der Waals surface area contributed by atoms with E-state index < -0.39 is 6.10 Å². The third kappa shape index (κ3) is 4.00. The van der Waals surface area contributed by atoms with Crippen LogP contribution in [0.3, 0.4) is 0 Å². The van der Waals surface area contributed by atoms with Gasteiger partial charge in [0.2, 0.25) is 5.91 Å². The van der Waals surface area contributed by atoms with Gasteiger partial charge in [0, 0.05) is 13.1 Å². The van der Waals surface area contributed by atoms with Gasteiger partial charge in [0.05, 0.1) is 30.2 Å². The average molecular weight is 251 g/mol. The Labute approximate surface area is 108 Å². The van der Waals surface area contributed by atoms with Crippen molar-refractivity contribution in [2.45, 2.75) is 26.9 Å². The van der Waals surface area contributed by atoms with Crippen molar-refractivity contribution in [2.75, 3.05) is 24.5 Å². The summed E-state index contributed by atoms with van der Waals surface area (Å²) in [5.41, 5.74) is 1.51. The van der Waals surface area contributed by atoms with Gasteiger partial charge in [-0.3, -0.25) is 9.78 Å². The predicted octanol–water partition coefficient (Wildman–Crippen LogP) is 1.10. The summed E-state index contributed by atoms with van der Waals surface area (Å²) >= 11 is 0. The number of aromatic nitrogens is 1. The van der Waals surface area contributed by atoms with Crippen molar-refractivity contribution in [3.05, 3.63) is 24.0 Å². The van der Waals surface area contributed by atoms with E-state index in [0.717, 1.165) is 12.2 Å². The van der Waals surface area contributed by atoms with Gasteiger partial charge in [0.1, 0.15) is 0 Å². The Morgan fingerprint density at radius 3 is 2.67 bits per heavy atom. The number of likely N-dealkylation sites (N-methyl/N-ethyl adjacent to an activating group) is 2. The van der Waals surface area contributed by atoms with Crippen molar-refractivity contribution >= 4 is 11.6 Å². The summed E-state index contributed by atoms with van der Waals surface area (Å²) in [4.78, 5) is 17.7. The molecule has 1 aromatic heterocycles. The maximum atomic E-state index is 11.5. The zero-order valence-corrected chi connectivity index (χ0v) is 11.2. The van der Waals surface area contributed by atoms with Crippen LogP contribution in [0.1, 0.15) is 32.6 Å². The van der Waals surface area contributed by atoms with Gasteiger partial charge in [0.15, 0.2) is 0 Å². The molecule has 1 aromatic rings. The first-order valence-corrected chi connectivity index (χ1v) is 6.24. The molecule has 0 aliphatic heterocycles. The normalized spacial score (nSPS) is 12.0. The molecule has 0 spiro atoms. The molecule has 0 aliphatic carbocycles. The first-order valence-electron chi connectivity index (χ1n) is 6.24. The van der Waals surface area contributed by atoms with Gasteiger partial charge in [-0.05, 0) is 32.9 Å². The molecule has 0 unspecified atom stereocenters. The lowest BCUT2D eigenvalue weighted by molar-refractivity contribution is -0.119. The molecule has 1 heterocycles. The molecule has 1 rings (SSSR count). The van der Waals surface area contributed by atoms with Crippen molar-refractivity contribution in [1.29, 1.82) is 0 Å². The summed E-state index contributed by atoms with van der Waals surface area (Å²) < 4.78 is 0. The van der Waals surface area contributed by atoms with Crippen LogP contribution in [0.2, 0.25) is 0 Å². The Bertz CT molecular complexity index is 376. The molecule has 0 aromatic carbocycles. The maximum Gasteiger partial charge on any atom is 0.239 e. The predicted molar refractivity (Wildman–Crippen MR) is 71.4 cm³/mol. The highest BCUT2D eigenvalue weighted by Crippen LogP contribution is 2.15. The van der Waals surface area contributed by atoms with Crippen LogP contribution < -0.4 is 10.2 Å². The van der Waals surface area contributed by atoms with Crippen molar-refractivity contribution in [3.63, 3.8) is 0 Å². The minimum Gasteiger partial charge on any atom is -0.387 e. The van der Waals surface area contributed by atoms with Crippen LogP contribution in [0.4, 0.5) is 5.69 Å². The number of hydrogen-bond acceptors (Lipinski definition) is 4. The summed E-state index contributed by atoms with van der Waals surface area (Å²) in [6, 6.07) is 3.65. The third-order valence-electron chi connectivity index (χ3n) is 2.65. The van der Waals surface area contributed by atoms with Gasteiger partial charge in [-0.25, -0.2) is 0 Å². The zero-order valence-electron chi connectivity index (χ0n) is 11.2. The van der Waals surface area contributed by atoms with E-state index in [1.807, 2.05) is 24.8 Å². The molecule has 0 saturated carbocycles. The molecule has 5 heteroatoms. The largest absolute Gasteiger partial charge is 0.387 e. The van der Waals surface area contributed by atoms with Crippen molar-refractivity contribution in [2.24, 2.45) is 0 Å². The second-order valence-electron chi connectivity index (χ2n) is 4.08. The minimum absolute atomic E-state index is 0.000970. The molecule has 5 nitrogen and oxygen atoms in total. The highest BCUT2D eigenvalue weighted by Gasteiger charge is 2.10. The van der Waals surface area contributed by atoms with E-state index >= 15 is 0 Å². The highest BCUT2D eigenvalue weighted by molar-refractivity contribution is 5.81. The van der Waals surface area contributed by atoms with E-state index in [2.05, 4.69) is 10.3 Å². The molecule has 2 N–H and O–H groups in total. The average Bonchev–Trinajstić information content (AvgIpc) is 2.36. The number of aliphatic hydroxyl groups excluding tert-OH is 1. The van der Waals surface area contributed by atoms with E-state index in [-0.39, 0.29) is 5.91 Å². The molecule has 1 amide bonds. The van der Waals surface area contributed by atoms with Gasteiger partial charge in [-0.15, -0.1) is 0 Å². The zero-order chi connectivity index (χ0) is 13.5. The minimum atomic E-state index is -0.572.